The molecule has 1 aliphatic heterocycles. The second kappa shape index (κ2) is 8.62. The molecule has 4 heteroatoms. The molecule has 2 aromatic rings. The van der Waals surface area contributed by atoms with Crippen LogP contribution in [0.25, 0.3) is 0 Å². The van der Waals surface area contributed by atoms with Crippen LogP contribution in [-0.2, 0) is 27.3 Å². The van der Waals surface area contributed by atoms with Crippen molar-refractivity contribution in [3.63, 3.8) is 0 Å². The number of benzene rings is 2. The van der Waals surface area contributed by atoms with Crippen LogP contribution in [-0.4, -0.2) is 43.2 Å². The smallest absolute Gasteiger partial charge is 0.252 e. The van der Waals surface area contributed by atoms with Gasteiger partial charge in [0.2, 0.25) is 0 Å². The quantitative estimate of drug-likeness (QED) is 0.820. The molecule has 3 rings (SSSR count). The average molecular weight is 325 g/mol. The van der Waals surface area contributed by atoms with E-state index in [-0.39, 0.29) is 5.91 Å². The zero-order valence-corrected chi connectivity index (χ0v) is 13.8. The molecule has 0 radical (unpaired) electrons. The van der Waals surface area contributed by atoms with Crippen molar-refractivity contribution in [1.29, 1.82) is 0 Å². The number of rotatable bonds is 6. The van der Waals surface area contributed by atoms with Gasteiger partial charge in [-0.3, -0.25) is 4.79 Å². The maximum atomic E-state index is 12.9. The molecule has 1 saturated heterocycles. The second-order valence-electron chi connectivity index (χ2n) is 5.91. The molecule has 0 aromatic heterocycles. The first-order chi connectivity index (χ1) is 11.8. The van der Waals surface area contributed by atoms with Crippen LogP contribution in [0, 0.1) is 0 Å². The van der Waals surface area contributed by atoms with Crippen molar-refractivity contribution in [2.75, 3.05) is 26.3 Å². The predicted molar refractivity (Wildman–Crippen MR) is 92.6 cm³/mol. The van der Waals surface area contributed by atoms with E-state index in [0.717, 1.165) is 11.1 Å². The normalized spacial score (nSPS) is 15.9. The van der Waals surface area contributed by atoms with Crippen LogP contribution < -0.4 is 0 Å². The van der Waals surface area contributed by atoms with Gasteiger partial charge in [0.1, 0.15) is 6.10 Å². The monoisotopic (exact) mass is 325 g/mol. The molecule has 1 atom stereocenters. The molecule has 4 nitrogen and oxygen atoms in total. The Morgan fingerprint density at radius 3 is 2.17 bits per heavy atom. The molecule has 126 valence electrons. The van der Waals surface area contributed by atoms with Gasteiger partial charge in [-0.25, -0.2) is 0 Å². The highest BCUT2D eigenvalue weighted by molar-refractivity contribution is 5.81. The molecule has 0 aliphatic carbocycles. The molecule has 1 aliphatic rings. The van der Waals surface area contributed by atoms with Crippen LogP contribution in [0.1, 0.15) is 11.1 Å². The first-order valence-corrected chi connectivity index (χ1v) is 8.39. The molecule has 2 aromatic carbocycles. The number of ether oxygens (including phenoxy) is 2. The van der Waals surface area contributed by atoms with Crippen molar-refractivity contribution in [1.82, 2.24) is 4.90 Å². The van der Waals surface area contributed by atoms with Crippen LogP contribution in [0.3, 0.4) is 0 Å². The average Bonchev–Trinajstić information content (AvgIpc) is 2.67. The van der Waals surface area contributed by atoms with Gasteiger partial charge in [0.05, 0.1) is 19.8 Å². The van der Waals surface area contributed by atoms with Gasteiger partial charge in [-0.2, -0.15) is 0 Å². The van der Waals surface area contributed by atoms with Crippen LogP contribution in [0.15, 0.2) is 60.7 Å². The Hall–Kier alpha value is -2.17. The lowest BCUT2D eigenvalue weighted by Gasteiger charge is -2.30. The van der Waals surface area contributed by atoms with Gasteiger partial charge in [-0.15, -0.1) is 0 Å². The summed E-state index contributed by atoms with van der Waals surface area (Å²) in [5, 5.41) is 0. The van der Waals surface area contributed by atoms with E-state index in [9.17, 15) is 4.79 Å². The van der Waals surface area contributed by atoms with Crippen molar-refractivity contribution in [3.05, 3.63) is 71.8 Å². The van der Waals surface area contributed by atoms with Crippen LogP contribution >= 0.6 is 0 Å². The SMILES string of the molecule is O=C([C@H](Cc1ccccc1)OCc1ccccc1)N1CCOCC1. The lowest BCUT2D eigenvalue weighted by molar-refractivity contribution is -0.148. The topological polar surface area (TPSA) is 38.8 Å². The summed E-state index contributed by atoms with van der Waals surface area (Å²) in [5.41, 5.74) is 2.18. The zero-order chi connectivity index (χ0) is 16.6. The van der Waals surface area contributed by atoms with E-state index >= 15 is 0 Å². The highest BCUT2D eigenvalue weighted by Crippen LogP contribution is 2.13. The first kappa shape index (κ1) is 16.7. The summed E-state index contributed by atoms with van der Waals surface area (Å²) in [7, 11) is 0. The molecule has 1 heterocycles. The van der Waals surface area contributed by atoms with Crippen molar-refractivity contribution in [2.24, 2.45) is 0 Å². The Bertz CT molecular complexity index is 624. The third kappa shape index (κ3) is 4.66. The molecule has 0 bridgehead atoms. The standard InChI is InChI=1S/C20H23NO3/c22-20(21-11-13-23-14-12-21)19(15-17-7-3-1-4-8-17)24-16-18-9-5-2-6-10-18/h1-10,19H,11-16H2/t19-/m0/s1. The van der Waals surface area contributed by atoms with Crippen molar-refractivity contribution < 1.29 is 14.3 Å². The maximum absolute atomic E-state index is 12.9. The minimum Gasteiger partial charge on any atom is -0.378 e. The molecule has 0 N–H and O–H groups in total. The number of carbonyl (C=O) groups excluding carboxylic acids is 1. The van der Waals surface area contributed by atoms with Gasteiger partial charge in [-0.1, -0.05) is 60.7 Å². The van der Waals surface area contributed by atoms with E-state index in [4.69, 9.17) is 9.47 Å². The molecular weight excluding hydrogens is 302 g/mol. The maximum Gasteiger partial charge on any atom is 0.252 e. The largest absolute Gasteiger partial charge is 0.378 e. The van der Waals surface area contributed by atoms with Crippen LogP contribution in [0.4, 0.5) is 0 Å². The highest BCUT2D eigenvalue weighted by atomic mass is 16.5. The Kier molecular flexibility index (Phi) is 5.99. The van der Waals surface area contributed by atoms with Gasteiger partial charge in [-0.05, 0) is 11.1 Å². The van der Waals surface area contributed by atoms with E-state index in [0.29, 0.717) is 39.3 Å². The summed E-state index contributed by atoms with van der Waals surface area (Å²) in [5.74, 6) is 0.0538. The van der Waals surface area contributed by atoms with Crippen molar-refractivity contribution in [2.45, 2.75) is 19.1 Å². The van der Waals surface area contributed by atoms with Crippen molar-refractivity contribution >= 4 is 5.91 Å². The molecule has 1 fully saturated rings. The Balaban J connectivity index is 1.68. The Morgan fingerprint density at radius 1 is 0.958 bits per heavy atom. The second-order valence-corrected chi connectivity index (χ2v) is 5.91. The number of hydrogen-bond acceptors (Lipinski definition) is 3. The summed E-state index contributed by atoms with van der Waals surface area (Å²) in [4.78, 5) is 14.7. The number of carbonyl (C=O) groups is 1. The van der Waals surface area contributed by atoms with E-state index in [1.807, 2.05) is 65.6 Å². The third-order valence-electron chi connectivity index (χ3n) is 4.16. The number of hydrogen-bond donors (Lipinski definition) is 0. The van der Waals surface area contributed by atoms with Gasteiger partial charge in [0, 0.05) is 19.5 Å². The van der Waals surface area contributed by atoms with Gasteiger partial charge in [0.25, 0.3) is 5.91 Å². The van der Waals surface area contributed by atoms with E-state index in [1.54, 1.807) is 0 Å². The van der Waals surface area contributed by atoms with Crippen LogP contribution in [0.5, 0.6) is 0 Å². The summed E-state index contributed by atoms with van der Waals surface area (Å²) >= 11 is 0. The fourth-order valence-electron chi connectivity index (χ4n) is 2.80. The summed E-state index contributed by atoms with van der Waals surface area (Å²) < 4.78 is 11.4. The minimum absolute atomic E-state index is 0.0538. The van der Waals surface area contributed by atoms with Gasteiger partial charge >= 0.3 is 0 Å². The summed E-state index contributed by atoms with van der Waals surface area (Å²) in [6, 6.07) is 20.0. The predicted octanol–water partition coefficient (Wildman–Crippen LogP) is 2.67. The lowest BCUT2D eigenvalue weighted by Crippen LogP contribution is -2.47. The molecule has 0 saturated carbocycles. The molecule has 0 spiro atoms. The molecule has 24 heavy (non-hydrogen) atoms. The van der Waals surface area contributed by atoms with Crippen molar-refractivity contribution in [3.8, 4) is 0 Å². The van der Waals surface area contributed by atoms with E-state index < -0.39 is 6.10 Å². The van der Waals surface area contributed by atoms with Gasteiger partial charge in [0.15, 0.2) is 0 Å². The van der Waals surface area contributed by atoms with E-state index in [1.165, 1.54) is 0 Å². The van der Waals surface area contributed by atoms with E-state index in [2.05, 4.69) is 0 Å². The van der Waals surface area contributed by atoms with Crippen LogP contribution in [0.2, 0.25) is 0 Å². The lowest BCUT2D eigenvalue weighted by atomic mass is 10.1. The Labute approximate surface area is 143 Å². The first-order valence-electron chi connectivity index (χ1n) is 8.39. The van der Waals surface area contributed by atoms with Gasteiger partial charge < -0.3 is 14.4 Å². The molecule has 0 unspecified atom stereocenters. The fourth-order valence-corrected chi connectivity index (χ4v) is 2.80. The number of nitrogens with zero attached hydrogens (tertiary/aromatic N) is 1. The zero-order valence-electron chi connectivity index (χ0n) is 13.8. The minimum atomic E-state index is -0.467. The number of morpholine rings is 1. The highest BCUT2D eigenvalue weighted by Gasteiger charge is 2.26. The summed E-state index contributed by atoms with van der Waals surface area (Å²) in [6.07, 6.45) is 0.120. The molecule has 1 amide bonds. The Morgan fingerprint density at radius 2 is 1.54 bits per heavy atom. The molecular formula is C20H23NO3. The number of amides is 1. The summed E-state index contributed by atoms with van der Waals surface area (Å²) in [6.45, 7) is 2.91. The fraction of sp³-hybridized carbons (Fsp3) is 0.350. The third-order valence-corrected chi connectivity index (χ3v) is 4.16.